The Balaban J connectivity index is 1.40. The molecule has 13 heteroatoms. The number of hydrogen-bond acceptors (Lipinski definition) is 6. The van der Waals surface area contributed by atoms with Gasteiger partial charge in [-0.05, 0) is 56.6 Å². The number of amides is 4. The lowest BCUT2D eigenvalue weighted by molar-refractivity contribution is -0.150. The Hall–Kier alpha value is -4.19. The molecule has 2 heterocycles. The average molecular weight is 686 g/mol. The van der Waals surface area contributed by atoms with E-state index in [1.54, 1.807) is 49.4 Å². The van der Waals surface area contributed by atoms with Crippen LogP contribution in [0.5, 0.6) is 5.75 Å². The third kappa shape index (κ3) is 6.65. The first kappa shape index (κ1) is 34.2. The van der Waals surface area contributed by atoms with E-state index < -0.39 is 41.0 Å². The highest BCUT2D eigenvalue weighted by atomic mass is 35.5. The summed E-state index contributed by atoms with van der Waals surface area (Å²) in [6, 6.07) is 12.9. The third-order valence-electron chi connectivity index (χ3n) is 9.10. The van der Waals surface area contributed by atoms with Gasteiger partial charge in [0.1, 0.15) is 17.5 Å². The molecule has 2 saturated heterocycles. The van der Waals surface area contributed by atoms with Gasteiger partial charge in [-0.1, -0.05) is 53.5 Å². The first-order chi connectivity index (χ1) is 22.2. The molecule has 248 valence electrons. The van der Waals surface area contributed by atoms with Gasteiger partial charge in [-0.3, -0.25) is 24.2 Å². The minimum Gasteiger partial charge on any atom is -0.496 e. The van der Waals surface area contributed by atoms with Gasteiger partial charge in [0.05, 0.1) is 28.3 Å². The van der Waals surface area contributed by atoms with Crippen molar-refractivity contribution < 1.29 is 33.4 Å². The predicted molar refractivity (Wildman–Crippen MR) is 177 cm³/mol. The van der Waals surface area contributed by atoms with Gasteiger partial charge in [-0.25, -0.2) is 9.18 Å². The summed E-state index contributed by atoms with van der Waals surface area (Å²) < 4.78 is 21.3. The van der Waals surface area contributed by atoms with E-state index in [1.165, 1.54) is 32.2 Å². The van der Waals surface area contributed by atoms with Crippen LogP contribution in [0, 0.1) is 17.2 Å². The number of nitrogens with one attached hydrogen (secondary N) is 1. The summed E-state index contributed by atoms with van der Waals surface area (Å²) in [5.41, 5.74) is 1.86. The minimum atomic E-state index is -1.11. The number of aliphatic carboxylic acids is 1. The molecule has 2 N–H and O–H groups in total. The number of methoxy groups -OCH3 is 1. The third-order valence-corrected chi connectivity index (χ3v) is 9.92. The predicted octanol–water partition coefficient (Wildman–Crippen LogP) is 6.24. The number of carboxylic acid groups (broad SMARTS) is 1. The van der Waals surface area contributed by atoms with E-state index in [1.807, 2.05) is 4.90 Å². The Labute approximate surface area is 282 Å². The molecule has 0 aliphatic carbocycles. The van der Waals surface area contributed by atoms with Crippen LogP contribution in [0.1, 0.15) is 25.3 Å². The highest BCUT2D eigenvalue weighted by Crippen LogP contribution is 2.43. The van der Waals surface area contributed by atoms with E-state index in [-0.39, 0.29) is 23.8 Å². The second-order valence-corrected chi connectivity index (χ2v) is 13.0. The van der Waals surface area contributed by atoms with Crippen LogP contribution in [0.15, 0.2) is 48.5 Å². The monoisotopic (exact) mass is 684 g/mol. The molecule has 3 aromatic carbocycles. The Bertz CT molecular complexity index is 1760. The van der Waals surface area contributed by atoms with Crippen molar-refractivity contribution in [3.05, 3.63) is 70.0 Å². The van der Waals surface area contributed by atoms with Crippen molar-refractivity contribution in [1.82, 2.24) is 14.7 Å². The molecule has 2 aliphatic rings. The first-order valence-corrected chi connectivity index (χ1v) is 15.7. The number of ether oxygens (including phenoxy) is 1. The number of hydrogen-bond donors (Lipinski definition) is 2. The Morgan fingerprint density at radius 2 is 1.64 bits per heavy atom. The molecule has 10 nitrogen and oxygen atoms in total. The van der Waals surface area contributed by atoms with Gasteiger partial charge in [0, 0.05) is 49.4 Å². The summed E-state index contributed by atoms with van der Waals surface area (Å²) >= 11 is 13.7. The molecule has 1 atom stereocenters. The number of nitrogens with zero attached hydrogens (tertiary/aromatic N) is 3. The SMILES string of the molecule is COc1cc(-c2cccc(-c3cccc(NC(=O)C4CN(C)C(=O)N(C)C4=O)c3Cl)c2Cl)cc(F)c1CN1CCC(C)(C(=O)O)CC1. The van der Waals surface area contributed by atoms with Crippen molar-refractivity contribution in [2.24, 2.45) is 11.3 Å². The molecule has 4 amide bonds. The molecule has 47 heavy (non-hydrogen) atoms. The zero-order chi connectivity index (χ0) is 34.2. The molecule has 5 rings (SSSR count). The lowest BCUT2D eigenvalue weighted by Crippen LogP contribution is -2.56. The van der Waals surface area contributed by atoms with E-state index in [9.17, 15) is 24.3 Å². The van der Waals surface area contributed by atoms with E-state index in [0.29, 0.717) is 64.5 Å². The molecule has 0 spiro atoms. The topological polar surface area (TPSA) is 119 Å². The van der Waals surface area contributed by atoms with E-state index in [0.717, 1.165) is 4.90 Å². The lowest BCUT2D eigenvalue weighted by atomic mass is 9.80. The van der Waals surface area contributed by atoms with Gasteiger partial charge in [-0.2, -0.15) is 0 Å². The number of imide groups is 1. The Morgan fingerprint density at radius 3 is 2.28 bits per heavy atom. The van der Waals surface area contributed by atoms with Crippen molar-refractivity contribution in [2.45, 2.75) is 26.3 Å². The average Bonchev–Trinajstić information content (AvgIpc) is 3.04. The summed E-state index contributed by atoms with van der Waals surface area (Å²) in [6.07, 6.45) is 0.934. The normalized spacial score (nSPS) is 18.3. The fraction of sp³-hybridized carbons (Fsp3) is 0.353. The smallest absolute Gasteiger partial charge is 0.326 e. The highest BCUT2D eigenvalue weighted by molar-refractivity contribution is 6.39. The Morgan fingerprint density at radius 1 is 1.02 bits per heavy atom. The van der Waals surface area contributed by atoms with Gasteiger partial charge in [0.15, 0.2) is 0 Å². The second-order valence-electron chi connectivity index (χ2n) is 12.2. The largest absolute Gasteiger partial charge is 0.496 e. The van der Waals surface area contributed by atoms with Gasteiger partial charge in [0.25, 0.3) is 0 Å². The molecular formula is C34H35Cl2FN4O6. The second kappa shape index (κ2) is 13.5. The van der Waals surface area contributed by atoms with Crippen LogP contribution in [0.2, 0.25) is 10.0 Å². The Kier molecular flexibility index (Phi) is 9.81. The van der Waals surface area contributed by atoms with Gasteiger partial charge < -0.3 is 20.1 Å². The fourth-order valence-corrected chi connectivity index (χ4v) is 6.58. The van der Waals surface area contributed by atoms with Gasteiger partial charge in [0.2, 0.25) is 11.8 Å². The van der Waals surface area contributed by atoms with Crippen LogP contribution in [-0.2, 0) is 20.9 Å². The van der Waals surface area contributed by atoms with Crippen molar-refractivity contribution in [3.8, 4) is 28.0 Å². The maximum absolute atomic E-state index is 15.7. The molecule has 0 saturated carbocycles. The molecule has 0 aromatic heterocycles. The van der Waals surface area contributed by atoms with Crippen molar-refractivity contribution >= 4 is 52.7 Å². The summed E-state index contributed by atoms with van der Waals surface area (Å²) in [4.78, 5) is 53.7. The summed E-state index contributed by atoms with van der Waals surface area (Å²) in [6.45, 7) is 2.97. The number of urea groups is 1. The number of likely N-dealkylation sites (tertiary alicyclic amines) is 1. The van der Waals surface area contributed by atoms with Crippen molar-refractivity contribution in [3.63, 3.8) is 0 Å². The zero-order valence-electron chi connectivity index (χ0n) is 26.4. The maximum atomic E-state index is 15.7. The quantitative estimate of drug-likeness (QED) is 0.270. The number of carbonyl (C=O) groups is 4. The minimum absolute atomic E-state index is 0.0694. The molecule has 0 bridgehead atoms. The number of anilines is 1. The summed E-state index contributed by atoms with van der Waals surface area (Å²) in [5, 5.41) is 12.7. The summed E-state index contributed by atoms with van der Waals surface area (Å²) in [7, 11) is 4.30. The highest BCUT2D eigenvalue weighted by Gasteiger charge is 2.40. The molecule has 2 aliphatic heterocycles. The first-order valence-electron chi connectivity index (χ1n) is 15.0. The maximum Gasteiger partial charge on any atom is 0.326 e. The van der Waals surface area contributed by atoms with Crippen LogP contribution >= 0.6 is 23.2 Å². The number of benzene rings is 3. The molecule has 2 fully saturated rings. The number of piperidine rings is 1. The van der Waals surface area contributed by atoms with E-state index >= 15 is 4.39 Å². The van der Waals surface area contributed by atoms with E-state index in [4.69, 9.17) is 27.9 Å². The number of carbonyl (C=O) groups excluding carboxylic acids is 3. The number of carboxylic acids is 1. The standard InChI is InChI=1S/C34H35Cl2FN4O6/c1-34(32(44)45)11-13-41(14-12-34)18-23-25(37)15-19(16-27(23)47-4)20-7-5-8-21(28(20)35)22-9-6-10-26(29(22)36)38-30(42)24-17-39(2)33(46)40(3)31(24)43/h5-10,15-16,24H,11-14,17-18H2,1-4H3,(H,38,42)(H,44,45). The molecule has 0 radical (unpaired) electrons. The van der Waals surface area contributed by atoms with Gasteiger partial charge >= 0.3 is 12.0 Å². The van der Waals surface area contributed by atoms with Crippen LogP contribution in [0.3, 0.4) is 0 Å². The van der Waals surface area contributed by atoms with Crippen molar-refractivity contribution in [1.29, 1.82) is 0 Å². The molecule has 1 unspecified atom stereocenters. The van der Waals surface area contributed by atoms with Crippen molar-refractivity contribution in [2.75, 3.05) is 46.2 Å². The van der Waals surface area contributed by atoms with Crippen LogP contribution in [0.4, 0.5) is 14.9 Å². The van der Waals surface area contributed by atoms with E-state index in [2.05, 4.69) is 5.32 Å². The zero-order valence-corrected chi connectivity index (χ0v) is 27.9. The van der Waals surface area contributed by atoms with Crippen LogP contribution in [-0.4, -0.2) is 84.5 Å². The molecule has 3 aromatic rings. The number of rotatable bonds is 8. The summed E-state index contributed by atoms with van der Waals surface area (Å²) in [5.74, 6) is -3.29. The molecular weight excluding hydrogens is 650 g/mol. The number of halogens is 3. The van der Waals surface area contributed by atoms with Crippen LogP contribution < -0.4 is 10.1 Å². The fourth-order valence-electron chi connectivity index (χ4n) is 5.97. The van der Waals surface area contributed by atoms with Crippen LogP contribution in [0.25, 0.3) is 22.3 Å². The lowest BCUT2D eigenvalue weighted by Gasteiger charge is -2.36. The van der Waals surface area contributed by atoms with Gasteiger partial charge in [-0.15, -0.1) is 0 Å².